The topological polar surface area (TPSA) is 115 Å². The summed E-state index contributed by atoms with van der Waals surface area (Å²) in [5.41, 5.74) is 2.50. The molecule has 0 saturated heterocycles. The first kappa shape index (κ1) is 22.8. The first-order chi connectivity index (χ1) is 15.7. The third-order valence-electron chi connectivity index (χ3n) is 4.76. The third kappa shape index (κ3) is 4.70. The molecule has 0 aliphatic heterocycles. The molecule has 0 fully saturated rings. The van der Waals surface area contributed by atoms with Gasteiger partial charge < -0.3 is 15.4 Å². The molecule has 2 aromatic carbocycles. The lowest BCUT2D eigenvalue weighted by atomic mass is 10.2. The van der Waals surface area contributed by atoms with E-state index in [1.165, 1.54) is 16.2 Å². The number of carboxylic acid groups (broad SMARTS) is 1. The highest BCUT2D eigenvalue weighted by atomic mass is 35.5. The van der Waals surface area contributed by atoms with Crippen molar-refractivity contribution in [3.63, 3.8) is 0 Å². The number of benzene rings is 2. The van der Waals surface area contributed by atoms with Crippen molar-refractivity contribution in [2.45, 2.75) is 13.5 Å². The second-order valence-corrected chi connectivity index (χ2v) is 8.83. The van der Waals surface area contributed by atoms with Crippen molar-refractivity contribution in [1.82, 2.24) is 9.97 Å². The van der Waals surface area contributed by atoms with Gasteiger partial charge in [0.25, 0.3) is 5.91 Å². The molecule has 2 aromatic heterocycles. The van der Waals surface area contributed by atoms with E-state index in [-0.39, 0.29) is 22.3 Å². The summed E-state index contributed by atoms with van der Waals surface area (Å²) < 4.78 is 0.658. The van der Waals surface area contributed by atoms with Gasteiger partial charge in [-0.05, 0) is 30.7 Å². The molecule has 33 heavy (non-hydrogen) atoms. The van der Waals surface area contributed by atoms with Crippen LogP contribution in [-0.4, -0.2) is 32.9 Å². The van der Waals surface area contributed by atoms with Gasteiger partial charge in [0.15, 0.2) is 5.13 Å². The number of nitrogens with zero attached hydrogens (tertiary/aromatic N) is 2. The first-order valence-electron chi connectivity index (χ1n) is 9.59. The van der Waals surface area contributed by atoms with Crippen LogP contribution in [0.3, 0.4) is 0 Å². The maximum absolute atomic E-state index is 13.5. The second-order valence-electron chi connectivity index (χ2n) is 7.07. The SMILES string of the molecule is Cc1[nH]c(C(=O)N(Cc2ccccc2)c2nc3ccc(NC(=O)C(=O)O)cc3s2)c(Cl)c1Cl. The Hall–Kier alpha value is -3.40. The Labute approximate surface area is 201 Å². The molecule has 4 aromatic rings. The highest BCUT2D eigenvalue weighted by Crippen LogP contribution is 2.35. The molecule has 0 radical (unpaired) electrons. The Morgan fingerprint density at radius 2 is 1.85 bits per heavy atom. The van der Waals surface area contributed by atoms with Crippen LogP contribution in [0.4, 0.5) is 10.8 Å². The van der Waals surface area contributed by atoms with E-state index in [1.807, 2.05) is 30.3 Å². The zero-order chi connectivity index (χ0) is 23.7. The number of thiazole rings is 1. The van der Waals surface area contributed by atoms with Gasteiger partial charge in [0, 0.05) is 11.4 Å². The highest BCUT2D eigenvalue weighted by molar-refractivity contribution is 7.22. The van der Waals surface area contributed by atoms with Crippen LogP contribution in [-0.2, 0) is 16.1 Å². The molecule has 0 unspecified atom stereocenters. The van der Waals surface area contributed by atoms with Crippen LogP contribution in [0, 0.1) is 6.92 Å². The molecule has 3 N–H and O–H groups in total. The Morgan fingerprint density at radius 1 is 1.12 bits per heavy atom. The first-order valence-corrected chi connectivity index (χ1v) is 11.2. The number of rotatable bonds is 5. The van der Waals surface area contributed by atoms with Gasteiger partial charge in [-0.15, -0.1) is 0 Å². The average Bonchev–Trinajstić information content (AvgIpc) is 3.33. The summed E-state index contributed by atoms with van der Waals surface area (Å²) in [4.78, 5) is 44.8. The second kappa shape index (κ2) is 9.22. The molecular formula is C22H16Cl2N4O4S. The summed E-state index contributed by atoms with van der Waals surface area (Å²) in [5, 5.41) is 11.9. The van der Waals surface area contributed by atoms with E-state index in [9.17, 15) is 14.4 Å². The van der Waals surface area contributed by atoms with Gasteiger partial charge in [0.1, 0.15) is 5.69 Å². The zero-order valence-corrected chi connectivity index (χ0v) is 19.4. The number of nitrogens with one attached hydrogen (secondary N) is 2. The van der Waals surface area contributed by atoms with E-state index in [1.54, 1.807) is 25.1 Å². The predicted octanol–water partition coefficient (Wildman–Crippen LogP) is 5.11. The summed E-state index contributed by atoms with van der Waals surface area (Å²) in [6.45, 7) is 1.95. The molecule has 2 amide bonds. The minimum Gasteiger partial charge on any atom is -0.474 e. The molecule has 11 heteroatoms. The lowest BCUT2D eigenvalue weighted by Gasteiger charge is -2.19. The third-order valence-corrected chi connectivity index (χ3v) is 6.74. The van der Waals surface area contributed by atoms with Crippen LogP contribution in [0.15, 0.2) is 48.5 Å². The minimum absolute atomic E-state index is 0.136. The van der Waals surface area contributed by atoms with Crippen molar-refractivity contribution >= 4 is 73.4 Å². The minimum atomic E-state index is -1.59. The number of anilines is 2. The van der Waals surface area contributed by atoms with Crippen molar-refractivity contribution in [3.8, 4) is 0 Å². The number of carboxylic acids is 1. The van der Waals surface area contributed by atoms with Crippen LogP contribution < -0.4 is 10.2 Å². The maximum Gasteiger partial charge on any atom is 0.394 e. The van der Waals surface area contributed by atoms with Crippen LogP contribution in [0.2, 0.25) is 10.0 Å². The Morgan fingerprint density at radius 3 is 2.48 bits per heavy atom. The van der Waals surface area contributed by atoms with E-state index in [2.05, 4.69) is 15.3 Å². The van der Waals surface area contributed by atoms with E-state index < -0.39 is 17.8 Å². The van der Waals surface area contributed by atoms with Crippen LogP contribution >= 0.6 is 34.5 Å². The largest absolute Gasteiger partial charge is 0.474 e. The normalized spacial score (nSPS) is 10.9. The number of halogens is 2. The lowest BCUT2D eigenvalue weighted by Crippen LogP contribution is -2.30. The van der Waals surface area contributed by atoms with E-state index in [0.29, 0.717) is 26.7 Å². The molecular weight excluding hydrogens is 487 g/mol. The smallest absolute Gasteiger partial charge is 0.394 e. The summed E-state index contributed by atoms with van der Waals surface area (Å²) in [6.07, 6.45) is 0. The van der Waals surface area contributed by atoms with Crippen molar-refractivity contribution in [2.24, 2.45) is 0 Å². The molecule has 0 atom stereocenters. The van der Waals surface area contributed by atoms with Crippen molar-refractivity contribution in [2.75, 3.05) is 10.2 Å². The number of H-pyrrole nitrogens is 1. The molecule has 168 valence electrons. The fourth-order valence-corrected chi connectivity index (χ4v) is 4.55. The van der Waals surface area contributed by atoms with Gasteiger partial charge in [0.05, 0.1) is 26.8 Å². The summed E-state index contributed by atoms with van der Waals surface area (Å²) in [7, 11) is 0. The molecule has 0 bridgehead atoms. The number of aryl methyl sites for hydroxylation is 1. The Bertz CT molecular complexity index is 1380. The number of carbonyl (C=O) groups excluding carboxylic acids is 2. The quantitative estimate of drug-likeness (QED) is 0.328. The van der Waals surface area contributed by atoms with Gasteiger partial charge in [-0.25, -0.2) is 9.78 Å². The number of aliphatic carboxylic acids is 1. The van der Waals surface area contributed by atoms with Gasteiger partial charge in [-0.1, -0.05) is 64.9 Å². The molecule has 4 rings (SSSR count). The monoisotopic (exact) mass is 502 g/mol. The van der Waals surface area contributed by atoms with Crippen LogP contribution in [0.25, 0.3) is 10.2 Å². The highest BCUT2D eigenvalue weighted by Gasteiger charge is 2.27. The molecule has 2 heterocycles. The molecule has 0 aliphatic rings. The number of aromatic nitrogens is 2. The number of hydrogen-bond donors (Lipinski definition) is 3. The van der Waals surface area contributed by atoms with Crippen molar-refractivity contribution < 1.29 is 19.5 Å². The summed E-state index contributed by atoms with van der Waals surface area (Å²) in [6, 6.07) is 14.2. The fraction of sp³-hybridized carbons (Fsp3) is 0.0909. The predicted molar refractivity (Wildman–Crippen MR) is 128 cm³/mol. The van der Waals surface area contributed by atoms with Gasteiger partial charge in [-0.2, -0.15) is 0 Å². The molecule has 8 nitrogen and oxygen atoms in total. The molecule has 0 aliphatic carbocycles. The Balaban J connectivity index is 1.74. The van der Waals surface area contributed by atoms with Gasteiger partial charge in [0.2, 0.25) is 0 Å². The van der Waals surface area contributed by atoms with E-state index in [4.69, 9.17) is 28.3 Å². The average molecular weight is 503 g/mol. The zero-order valence-electron chi connectivity index (χ0n) is 17.1. The fourth-order valence-electron chi connectivity index (χ4n) is 3.14. The number of fused-ring (bicyclic) bond motifs is 1. The number of hydrogen-bond acceptors (Lipinski definition) is 5. The number of aromatic amines is 1. The summed E-state index contributed by atoms with van der Waals surface area (Å²) >= 11 is 13.7. The molecule has 0 spiro atoms. The number of carbonyl (C=O) groups is 3. The van der Waals surface area contributed by atoms with Crippen LogP contribution in [0.5, 0.6) is 0 Å². The lowest BCUT2D eigenvalue weighted by molar-refractivity contribution is -0.147. The van der Waals surface area contributed by atoms with Gasteiger partial charge >= 0.3 is 11.9 Å². The maximum atomic E-state index is 13.5. The van der Waals surface area contributed by atoms with Gasteiger partial charge in [-0.3, -0.25) is 14.5 Å². The van der Waals surface area contributed by atoms with E-state index >= 15 is 0 Å². The summed E-state index contributed by atoms with van der Waals surface area (Å²) in [5.74, 6) is -3.14. The van der Waals surface area contributed by atoms with Crippen molar-refractivity contribution in [1.29, 1.82) is 0 Å². The Kier molecular flexibility index (Phi) is 6.37. The molecule has 0 saturated carbocycles. The van der Waals surface area contributed by atoms with E-state index in [0.717, 1.165) is 5.56 Å². The van der Waals surface area contributed by atoms with Crippen LogP contribution in [0.1, 0.15) is 21.7 Å². The standard InChI is InChI=1S/C22H16Cl2N4O4S/c1-11-16(23)17(24)18(25-11)20(30)28(10-12-5-3-2-4-6-12)22-27-14-8-7-13(9-15(14)33-22)26-19(29)21(31)32/h2-9,25H,10H2,1H3,(H,26,29)(H,31,32). The number of amides is 2. The van der Waals surface area contributed by atoms with Crippen molar-refractivity contribution in [3.05, 3.63) is 75.5 Å².